The first-order valence-electron chi connectivity index (χ1n) is 10.7. The van der Waals surface area contributed by atoms with Crippen LogP contribution in [0.3, 0.4) is 0 Å². The van der Waals surface area contributed by atoms with E-state index in [1.54, 1.807) is 0 Å². The second-order valence-corrected chi connectivity index (χ2v) is 8.51. The lowest BCUT2D eigenvalue weighted by Crippen LogP contribution is -2.47. The number of alkyl carbamates (subject to hydrolysis) is 1. The number of carbonyl (C=O) groups excluding carboxylic acids is 2. The quantitative estimate of drug-likeness (QED) is 0.588. The maximum absolute atomic E-state index is 12.3. The molecule has 2 amide bonds. The number of carbonyl (C=O) groups is 2. The molecule has 1 aliphatic carbocycles. The van der Waals surface area contributed by atoms with E-state index in [1.807, 2.05) is 13.0 Å². The molecular weight excluding hydrogens is 416 g/mol. The number of amides is 2. The number of rotatable bonds is 7. The van der Waals surface area contributed by atoms with E-state index < -0.39 is 6.09 Å². The van der Waals surface area contributed by atoms with Gasteiger partial charge in [0, 0.05) is 24.3 Å². The molecule has 3 N–H and O–H groups in total. The van der Waals surface area contributed by atoms with Crippen LogP contribution in [-0.2, 0) is 20.7 Å². The fourth-order valence-electron chi connectivity index (χ4n) is 4.02. The summed E-state index contributed by atoms with van der Waals surface area (Å²) in [6.45, 7) is 3.11. The second kappa shape index (κ2) is 9.51. The van der Waals surface area contributed by atoms with Gasteiger partial charge in [0.15, 0.2) is 5.82 Å². The third-order valence-corrected chi connectivity index (χ3v) is 5.82. The fourth-order valence-corrected chi connectivity index (χ4v) is 4.02. The molecule has 3 atom stereocenters. The molecule has 0 aromatic carbocycles. The lowest BCUT2D eigenvalue weighted by atomic mass is 10.0. The fraction of sp³-hybridized carbons (Fsp3) is 0.571. The van der Waals surface area contributed by atoms with Gasteiger partial charge in [0.2, 0.25) is 11.8 Å². The molecule has 0 bridgehead atoms. The highest BCUT2D eigenvalue weighted by Gasteiger charge is 2.34. The van der Waals surface area contributed by atoms with Crippen LogP contribution >= 0.6 is 0 Å². The average molecular weight is 444 g/mol. The van der Waals surface area contributed by atoms with Crippen molar-refractivity contribution in [2.75, 3.05) is 25.6 Å². The topological polar surface area (TPSA) is 140 Å². The zero-order valence-electron chi connectivity index (χ0n) is 18.2. The van der Waals surface area contributed by atoms with E-state index in [0.717, 1.165) is 25.0 Å². The van der Waals surface area contributed by atoms with Gasteiger partial charge < -0.3 is 24.8 Å². The summed E-state index contributed by atoms with van der Waals surface area (Å²) in [5, 5.41) is 12.9. The van der Waals surface area contributed by atoms with Crippen molar-refractivity contribution in [3.8, 4) is 5.88 Å². The Morgan fingerprint density at radius 3 is 2.91 bits per heavy atom. The molecule has 2 unspecified atom stereocenters. The number of H-pyrrole nitrogens is 1. The minimum atomic E-state index is -0.400. The lowest BCUT2D eigenvalue weighted by Gasteiger charge is -2.24. The summed E-state index contributed by atoms with van der Waals surface area (Å²) in [5.41, 5.74) is 1.08. The van der Waals surface area contributed by atoms with E-state index >= 15 is 0 Å². The summed E-state index contributed by atoms with van der Waals surface area (Å²) in [4.78, 5) is 32.7. The minimum Gasteiger partial charge on any atom is -0.480 e. The molecule has 11 nitrogen and oxygen atoms in total. The van der Waals surface area contributed by atoms with Gasteiger partial charge in [0.1, 0.15) is 6.10 Å². The molecule has 2 fully saturated rings. The molecule has 2 aliphatic rings. The van der Waals surface area contributed by atoms with Crippen molar-refractivity contribution in [1.29, 1.82) is 0 Å². The highest BCUT2D eigenvalue weighted by Crippen LogP contribution is 2.36. The number of nitrogens with one attached hydrogen (secondary N) is 3. The third-order valence-electron chi connectivity index (χ3n) is 5.82. The first-order valence-corrected chi connectivity index (χ1v) is 10.7. The van der Waals surface area contributed by atoms with E-state index in [9.17, 15) is 9.59 Å². The van der Waals surface area contributed by atoms with Crippen LogP contribution in [0.15, 0.2) is 18.5 Å². The molecule has 11 heteroatoms. The van der Waals surface area contributed by atoms with E-state index in [4.69, 9.17) is 14.2 Å². The summed E-state index contributed by atoms with van der Waals surface area (Å²) in [7, 11) is 1.51. The summed E-state index contributed by atoms with van der Waals surface area (Å²) >= 11 is 0. The normalized spacial score (nSPS) is 24.8. The average Bonchev–Trinajstić information content (AvgIpc) is 3.50. The van der Waals surface area contributed by atoms with Gasteiger partial charge in [-0.2, -0.15) is 5.10 Å². The van der Waals surface area contributed by atoms with Gasteiger partial charge in [0.25, 0.3) is 0 Å². The van der Waals surface area contributed by atoms with Crippen LogP contribution in [0.25, 0.3) is 0 Å². The Hall–Kier alpha value is -3.21. The maximum atomic E-state index is 12.3. The Kier molecular flexibility index (Phi) is 6.54. The highest BCUT2D eigenvalue weighted by molar-refractivity contribution is 5.91. The van der Waals surface area contributed by atoms with Gasteiger partial charge in [-0.1, -0.05) is 0 Å². The van der Waals surface area contributed by atoms with Crippen LogP contribution in [0.5, 0.6) is 5.88 Å². The largest absolute Gasteiger partial charge is 0.480 e. The Morgan fingerprint density at radius 1 is 1.31 bits per heavy atom. The van der Waals surface area contributed by atoms with Crippen molar-refractivity contribution in [1.82, 2.24) is 25.5 Å². The number of anilines is 1. The zero-order valence-corrected chi connectivity index (χ0v) is 18.2. The van der Waals surface area contributed by atoms with E-state index in [1.165, 1.54) is 19.5 Å². The molecule has 32 heavy (non-hydrogen) atoms. The summed E-state index contributed by atoms with van der Waals surface area (Å²) in [6, 6.07) is 1.82. The lowest BCUT2D eigenvalue weighted by molar-refractivity contribution is -0.115. The van der Waals surface area contributed by atoms with Crippen LogP contribution < -0.4 is 15.4 Å². The first kappa shape index (κ1) is 22.0. The third kappa shape index (κ3) is 5.52. The number of hydrogen-bond acceptors (Lipinski definition) is 8. The predicted molar refractivity (Wildman–Crippen MR) is 113 cm³/mol. The van der Waals surface area contributed by atoms with Crippen LogP contribution in [0.2, 0.25) is 0 Å². The summed E-state index contributed by atoms with van der Waals surface area (Å²) in [5.74, 6) is 0.784. The first-order chi connectivity index (χ1) is 15.4. The van der Waals surface area contributed by atoms with E-state index in [-0.39, 0.29) is 29.9 Å². The Morgan fingerprint density at radius 2 is 2.19 bits per heavy atom. The Labute approximate surface area is 185 Å². The molecule has 1 saturated carbocycles. The van der Waals surface area contributed by atoms with Crippen molar-refractivity contribution < 1.29 is 23.8 Å². The van der Waals surface area contributed by atoms with Gasteiger partial charge >= 0.3 is 6.09 Å². The van der Waals surface area contributed by atoms with Gasteiger partial charge in [-0.25, -0.2) is 9.78 Å². The standard InChI is InChI=1S/C21H28N6O5/c1-21(5-6-31-12-21)25-20(29)32-15-4-3-13(7-15)16-9-17(27-26-16)24-18(28)8-14-10-23-19(30-2)11-22-14/h9-11,13,15H,3-8,12H2,1-2H3,(H,25,29)(H2,24,26,27,28)/t13-,15?,21?/m0/s1. The number of aromatic amines is 1. The van der Waals surface area contributed by atoms with Crippen molar-refractivity contribution in [3.63, 3.8) is 0 Å². The monoisotopic (exact) mass is 444 g/mol. The minimum absolute atomic E-state index is 0.0810. The molecule has 172 valence electrons. The van der Waals surface area contributed by atoms with Gasteiger partial charge in [-0.15, -0.1) is 0 Å². The van der Waals surface area contributed by atoms with Crippen LogP contribution in [0.4, 0.5) is 10.6 Å². The molecule has 3 heterocycles. The number of methoxy groups -OCH3 is 1. The molecule has 2 aromatic heterocycles. The summed E-state index contributed by atoms with van der Waals surface area (Å²) in [6.07, 6.45) is 5.64. The van der Waals surface area contributed by atoms with Gasteiger partial charge in [-0.05, 0) is 32.6 Å². The maximum Gasteiger partial charge on any atom is 0.407 e. The Balaban J connectivity index is 1.24. The number of ether oxygens (including phenoxy) is 3. The molecule has 0 radical (unpaired) electrons. The molecule has 2 aromatic rings. The number of nitrogens with zero attached hydrogens (tertiary/aromatic N) is 3. The molecule has 1 saturated heterocycles. The number of aromatic nitrogens is 4. The van der Waals surface area contributed by atoms with Crippen LogP contribution in [0, 0.1) is 0 Å². The smallest absolute Gasteiger partial charge is 0.407 e. The molecule has 1 aliphatic heterocycles. The molecule has 0 spiro atoms. The Bertz CT molecular complexity index is 940. The van der Waals surface area contributed by atoms with Gasteiger partial charge in [0.05, 0.1) is 43.8 Å². The molecule has 4 rings (SSSR count). The predicted octanol–water partition coefficient (Wildman–Crippen LogP) is 1.93. The zero-order chi connectivity index (χ0) is 22.6. The van der Waals surface area contributed by atoms with Crippen LogP contribution in [0.1, 0.15) is 49.9 Å². The van der Waals surface area contributed by atoms with Gasteiger partial charge in [-0.3, -0.25) is 14.9 Å². The number of hydrogen-bond donors (Lipinski definition) is 3. The SMILES string of the molecule is COc1cnc(CC(=O)Nc2cc([C@H]3CCC(OC(=O)NC4(C)CCOC4)C3)[nH]n2)cn1. The van der Waals surface area contributed by atoms with Crippen molar-refractivity contribution in [2.24, 2.45) is 0 Å². The summed E-state index contributed by atoms with van der Waals surface area (Å²) < 4.78 is 15.9. The van der Waals surface area contributed by atoms with Crippen molar-refractivity contribution in [2.45, 2.75) is 56.6 Å². The van der Waals surface area contributed by atoms with E-state index in [0.29, 0.717) is 37.0 Å². The van der Waals surface area contributed by atoms with E-state index in [2.05, 4.69) is 30.8 Å². The van der Waals surface area contributed by atoms with Crippen molar-refractivity contribution in [3.05, 3.63) is 29.8 Å². The van der Waals surface area contributed by atoms with Crippen molar-refractivity contribution >= 4 is 17.8 Å². The molecular formula is C21H28N6O5. The van der Waals surface area contributed by atoms with Crippen LogP contribution in [-0.4, -0.2) is 64.1 Å². The second-order valence-electron chi connectivity index (χ2n) is 8.51. The highest BCUT2D eigenvalue weighted by atomic mass is 16.6.